The van der Waals surface area contributed by atoms with Crippen LogP contribution in [-0.2, 0) is 0 Å². The van der Waals surface area contributed by atoms with E-state index in [1.807, 2.05) is 0 Å². The van der Waals surface area contributed by atoms with Crippen molar-refractivity contribution in [2.75, 3.05) is 4.90 Å². The number of furan rings is 1. The third kappa shape index (κ3) is 5.12. The first-order valence-corrected chi connectivity index (χ1v) is 17.8. The van der Waals surface area contributed by atoms with Gasteiger partial charge in [0.05, 0.1) is 5.69 Å². The first-order valence-electron chi connectivity index (χ1n) is 17.8. The van der Waals surface area contributed by atoms with Gasteiger partial charge in [0.1, 0.15) is 11.2 Å². The van der Waals surface area contributed by atoms with Gasteiger partial charge in [-0.2, -0.15) is 0 Å². The summed E-state index contributed by atoms with van der Waals surface area (Å²) in [7, 11) is 0. The molecule has 1 heterocycles. The predicted molar refractivity (Wildman–Crippen MR) is 220 cm³/mol. The van der Waals surface area contributed by atoms with E-state index in [4.69, 9.17) is 4.42 Å². The van der Waals surface area contributed by atoms with Gasteiger partial charge >= 0.3 is 0 Å². The fourth-order valence-electron chi connectivity index (χ4n) is 7.70. The van der Waals surface area contributed by atoms with Gasteiger partial charge in [-0.25, -0.2) is 0 Å². The van der Waals surface area contributed by atoms with Crippen molar-refractivity contribution in [2.45, 2.75) is 0 Å². The average molecular weight is 664 g/mol. The fourth-order valence-corrected chi connectivity index (χ4v) is 7.70. The van der Waals surface area contributed by atoms with Crippen molar-refractivity contribution < 1.29 is 4.42 Å². The summed E-state index contributed by atoms with van der Waals surface area (Å²) in [5.74, 6) is 0. The van der Waals surface area contributed by atoms with E-state index < -0.39 is 0 Å². The largest absolute Gasteiger partial charge is 0.455 e. The number of hydrogen-bond acceptors (Lipinski definition) is 2. The number of nitrogens with zero attached hydrogens (tertiary/aromatic N) is 1. The van der Waals surface area contributed by atoms with E-state index in [-0.39, 0.29) is 0 Å². The summed E-state index contributed by atoms with van der Waals surface area (Å²) < 4.78 is 6.51. The van der Waals surface area contributed by atoms with Gasteiger partial charge in [-0.1, -0.05) is 158 Å². The number of benzene rings is 9. The lowest BCUT2D eigenvalue weighted by molar-refractivity contribution is 0.673. The molecule has 0 saturated heterocycles. The fraction of sp³-hybridized carbons (Fsp3) is 0. The molecule has 9 aromatic carbocycles. The van der Waals surface area contributed by atoms with Crippen LogP contribution in [0.5, 0.6) is 0 Å². The normalized spacial score (nSPS) is 11.5. The number of anilines is 3. The summed E-state index contributed by atoms with van der Waals surface area (Å²) in [4.78, 5) is 2.37. The summed E-state index contributed by atoms with van der Waals surface area (Å²) in [6.45, 7) is 0. The molecule has 2 nitrogen and oxygen atoms in total. The Hall–Kier alpha value is -6.90. The summed E-state index contributed by atoms with van der Waals surface area (Å²) in [5.41, 5.74) is 12.3. The standard InChI is InChI=1S/C50H33NO/c1-2-10-34(11-3-1)35-20-22-36(23-21-35)37-24-29-41(30-25-37)51(47-18-8-14-38-12-4-6-15-43(38)47)42-31-26-40(27-32-42)44-17-9-19-48-49(44)46-33-28-39-13-5-7-16-45(39)50(46)52-48/h1-33H. The van der Waals surface area contributed by atoms with Crippen LogP contribution in [0.25, 0.3) is 76.9 Å². The number of hydrogen-bond donors (Lipinski definition) is 0. The minimum Gasteiger partial charge on any atom is -0.455 e. The molecule has 0 N–H and O–H groups in total. The molecule has 1 aromatic heterocycles. The molecule has 0 saturated carbocycles. The maximum Gasteiger partial charge on any atom is 0.143 e. The smallest absolute Gasteiger partial charge is 0.143 e. The Morgan fingerprint density at radius 2 is 0.846 bits per heavy atom. The third-order valence-electron chi connectivity index (χ3n) is 10.3. The van der Waals surface area contributed by atoms with Gasteiger partial charge < -0.3 is 9.32 Å². The van der Waals surface area contributed by atoms with Crippen LogP contribution in [0.4, 0.5) is 17.1 Å². The third-order valence-corrected chi connectivity index (χ3v) is 10.3. The summed E-state index contributed by atoms with van der Waals surface area (Å²) in [5, 5.41) is 7.02. The van der Waals surface area contributed by atoms with Crippen molar-refractivity contribution >= 4 is 60.5 Å². The first-order chi connectivity index (χ1) is 25.8. The molecule has 10 aromatic rings. The van der Waals surface area contributed by atoms with Crippen LogP contribution in [0.2, 0.25) is 0 Å². The highest BCUT2D eigenvalue weighted by Crippen LogP contribution is 2.43. The van der Waals surface area contributed by atoms with Crippen LogP contribution in [0.3, 0.4) is 0 Å². The second-order valence-electron chi connectivity index (χ2n) is 13.3. The van der Waals surface area contributed by atoms with Gasteiger partial charge in [-0.3, -0.25) is 0 Å². The zero-order valence-electron chi connectivity index (χ0n) is 28.4. The molecule has 0 fully saturated rings. The molecule has 0 unspecified atom stereocenters. The molecule has 0 bridgehead atoms. The van der Waals surface area contributed by atoms with Gasteiger partial charge in [-0.15, -0.1) is 0 Å². The maximum absolute atomic E-state index is 6.51. The molecule has 244 valence electrons. The number of rotatable bonds is 6. The lowest BCUT2D eigenvalue weighted by Crippen LogP contribution is -2.10. The molecule has 0 spiro atoms. The van der Waals surface area contributed by atoms with Crippen LogP contribution in [-0.4, -0.2) is 0 Å². The molecule has 0 radical (unpaired) electrons. The Morgan fingerprint density at radius 3 is 1.54 bits per heavy atom. The zero-order chi connectivity index (χ0) is 34.4. The quantitative estimate of drug-likeness (QED) is 0.176. The van der Waals surface area contributed by atoms with Gasteiger partial charge in [0.15, 0.2) is 0 Å². The minimum atomic E-state index is 0.903. The lowest BCUT2D eigenvalue weighted by atomic mass is 9.97. The van der Waals surface area contributed by atoms with Crippen molar-refractivity contribution in [3.05, 3.63) is 200 Å². The molecule has 10 rings (SSSR count). The van der Waals surface area contributed by atoms with E-state index in [2.05, 4.69) is 205 Å². The summed E-state index contributed by atoms with van der Waals surface area (Å²) in [6, 6.07) is 71.6. The summed E-state index contributed by atoms with van der Waals surface area (Å²) in [6.07, 6.45) is 0. The van der Waals surface area contributed by atoms with Crippen LogP contribution < -0.4 is 4.90 Å². The Kier molecular flexibility index (Phi) is 7.18. The highest BCUT2D eigenvalue weighted by Gasteiger charge is 2.18. The second-order valence-corrected chi connectivity index (χ2v) is 13.3. The minimum absolute atomic E-state index is 0.903. The van der Waals surface area contributed by atoms with Crippen molar-refractivity contribution in [3.8, 4) is 33.4 Å². The van der Waals surface area contributed by atoms with Gasteiger partial charge in [0.25, 0.3) is 0 Å². The van der Waals surface area contributed by atoms with Crippen molar-refractivity contribution in [3.63, 3.8) is 0 Å². The average Bonchev–Trinajstić information content (AvgIpc) is 3.62. The van der Waals surface area contributed by atoms with Gasteiger partial charge in [-0.05, 0) is 86.6 Å². The first kappa shape index (κ1) is 30.0. The van der Waals surface area contributed by atoms with Crippen molar-refractivity contribution in [1.29, 1.82) is 0 Å². The van der Waals surface area contributed by atoms with E-state index in [0.717, 1.165) is 55.5 Å². The Bertz CT molecular complexity index is 2860. The molecule has 0 aliphatic carbocycles. The van der Waals surface area contributed by atoms with E-state index in [9.17, 15) is 0 Å². The maximum atomic E-state index is 6.51. The highest BCUT2D eigenvalue weighted by molar-refractivity contribution is 6.19. The van der Waals surface area contributed by atoms with Crippen LogP contribution in [0, 0.1) is 0 Å². The van der Waals surface area contributed by atoms with Gasteiger partial charge in [0, 0.05) is 32.9 Å². The van der Waals surface area contributed by atoms with Crippen LogP contribution in [0.1, 0.15) is 0 Å². The molecule has 52 heavy (non-hydrogen) atoms. The molecule has 0 aliphatic rings. The predicted octanol–water partition coefficient (Wildman–Crippen LogP) is 14.4. The molecular formula is C50H33NO. The monoisotopic (exact) mass is 663 g/mol. The Morgan fingerprint density at radius 1 is 0.327 bits per heavy atom. The summed E-state index contributed by atoms with van der Waals surface area (Å²) >= 11 is 0. The number of fused-ring (bicyclic) bond motifs is 6. The van der Waals surface area contributed by atoms with Gasteiger partial charge in [0.2, 0.25) is 0 Å². The Labute approximate surface area is 302 Å². The van der Waals surface area contributed by atoms with E-state index in [1.165, 1.54) is 38.4 Å². The second kappa shape index (κ2) is 12.5. The topological polar surface area (TPSA) is 16.4 Å². The zero-order valence-corrected chi connectivity index (χ0v) is 28.4. The molecule has 0 amide bonds. The lowest BCUT2D eigenvalue weighted by Gasteiger charge is -2.27. The van der Waals surface area contributed by atoms with E-state index in [1.54, 1.807) is 0 Å². The highest BCUT2D eigenvalue weighted by atomic mass is 16.3. The SMILES string of the molecule is c1ccc(-c2ccc(-c3ccc(N(c4ccc(-c5cccc6oc7c8ccccc8ccc7c56)cc4)c4cccc5ccccc45)cc3)cc2)cc1. The van der Waals surface area contributed by atoms with E-state index in [0.29, 0.717) is 0 Å². The molecule has 2 heteroatoms. The molecule has 0 aliphatic heterocycles. The van der Waals surface area contributed by atoms with Crippen molar-refractivity contribution in [2.24, 2.45) is 0 Å². The van der Waals surface area contributed by atoms with Crippen LogP contribution in [0.15, 0.2) is 205 Å². The molecule has 0 atom stereocenters. The van der Waals surface area contributed by atoms with Crippen molar-refractivity contribution in [1.82, 2.24) is 0 Å². The molecular weight excluding hydrogens is 631 g/mol. The van der Waals surface area contributed by atoms with E-state index >= 15 is 0 Å². The van der Waals surface area contributed by atoms with Crippen LogP contribution >= 0.6 is 0 Å². The Balaban J connectivity index is 1.05.